The van der Waals surface area contributed by atoms with Crippen LogP contribution in [0.2, 0.25) is 0 Å². The average Bonchev–Trinajstić information content (AvgIpc) is 2.73. The Labute approximate surface area is 192 Å². The van der Waals surface area contributed by atoms with Crippen LogP contribution >= 0.6 is 24.0 Å². The van der Waals surface area contributed by atoms with E-state index in [1.165, 1.54) is 46.4 Å². The van der Waals surface area contributed by atoms with Gasteiger partial charge in [0.1, 0.15) is 0 Å². The van der Waals surface area contributed by atoms with Crippen LogP contribution in [0, 0.1) is 0 Å². The third-order valence-corrected chi connectivity index (χ3v) is 5.22. The zero-order valence-corrected chi connectivity index (χ0v) is 20.5. The number of rotatable bonds is 9. The van der Waals surface area contributed by atoms with Crippen LogP contribution in [0.3, 0.4) is 0 Å². The van der Waals surface area contributed by atoms with E-state index in [9.17, 15) is 5.11 Å². The molecule has 1 aliphatic rings. The normalized spacial score (nSPS) is 17.4. The first-order chi connectivity index (χ1) is 13.6. The Kier molecular flexibility index (Phi) is 12.1. The number of phenols is 1. The molecule has 0 radical (unpaired) electrons. The van der Waals surface area contributed by atoms with E-state index in [1.54, 1.807) is 12.1 Å². The number of aliphatic imine (C=N–C) groups is 1. The van der Waals surface area contributed by atoms with Crippen LogP contribution in [0.1, 0.15) is 45.1 Å². The van der Waals surface area contributed by atoms with Crippen molar-refractivity contribution in [3.8, 4) is 17.2 Å². The second kappa shape index (κ2) is 13.7. The van der Waals surface area contributed by atoms with Crippen LogP contribution in [0.4, 0.5) is 0 Å². The molecule has 2 rings (SSSR count). The van der Waals surface area contributed by atoms with Crippen molar-refractivity contribution in [1.29, 1.82) is 0 Å². The molecule has 0 aliphatic carbocycles. The van der Waals surface area contributed by atoms with Crippen molar-refractivity contribution in [2.45, 2.75) is 52.1 Å². The number of benzene rings is 1. The van der Waals surface area contributed by atoms with Crippen molar-refractivity contribution in [1.82, 2.24) is 15.5 Å². The minimum atomic E-state index is 0. The molecule has 1 aromatic rings. The standard InChI is InChI=1S/C21H36N4O3.HI/c1-5-17-9-7-8-11-25(17)12-10-23-21(22-6-2)24-15-16-13-18(27-3)20(26)19(14-16)28-4;/h13-14,17,26H,5-12,15H2,1-4H3,(H2,22,23,24);1H. The molecule has 0 bridgehead atoms. The first-order valence-electron chi connectivity index (χ1n) is 10.3. The number of halogens is 1. The number of aromatic hydroxyl groups is 1. The van der Waals surface area contributed by atoms with E-state index in [0.29, 0.717) is 24.1 Å². The van der Waals surface area contributed by atoms with Gasteiger partial charge >= 0.3 is 0 Å². The van der Waals surface area contributed by atoms with Crippen molar-refractivity contribution in [3.05, 3.63) is 17.7 Å². The first-order valence-corrected chi connectivity index (χ1v) is 10.3. The SMILES string of the molecule is CCNC(=NCc1cc(OC)c(O)c(OC)c1)NCCN1CCCCC1CC.I. The zero-order chi connectivity index (χ0) is 20.4. The summed E-state index contributed by atoms with van der Waals surface area (Å²) in [5, 5.41) is 16.8. The molecule has 0 amide bonds. The minimum Gasteiger partial charge on any atom is -0.502 e. The van der Waals surface area contributed by atoms with Crippen LogP contribution in [-0.2, 0) is 6.54 Å². The Morgan fingerprint density at radius 1 is 1.17 bits per heavy atom. The van der Waals surface area contributed by atoms with Crippen molar-refractivity contribution < 1.29 is 14.6 Å². The maximum Gasteiger partial charge on any atom is 0.200 e. The zero-order valence-electron chi connectivity index (χ0n) is 18.2. The molecule has 3 N–H and O–H groups in total. The lowest BCUT2D eigenvalue weighted by molar-refractivity contribution is 0.147. The van der Waals surface area contributed by atoms with Gasteiger partial charge in [0.25, 0.3) is 0 Å². The number of nitrogens with zero attached hydrogens (tertiary/aromatic N) is 2. The number of hydrogen-bond donors (Lipinski definition) is 3. The summed E-state index contributed by atoms with van der Waals surface area (Å²) in [7, 11) is 3.05. The highest BCUT2D eigenvalue weighted by molar-refractivity contribution is 14.0. The fraction of sp³-hybridized carbons (Fsp3) is 0.667. The van der Waals surface area contributed by atoms with E-state index in [4.69, 9.17) is 9.47 Å². The van der Waals surface area contributed by atoms with Crippen molar-refractivity contribution in [3.63, 3.8) is 0 Å². The van der Waals surface area contributed by atoms with Gasteiger partial charge in [-0.2, -0.15) is 0 Å². The molecule has 1 unspecified atom stereocenters. The second-order valence-electron chi connectivity index (χ2n) is 7.06. The number of piperidine rings is 1. The quantitative estimate of drug-likeness (QED) is 0.264. The van der Waals surface area contributed by atoms with Crippen LogP contribution < -0.4 is 20.1 Å². The molecule has 29 heavy (non-hydrogen) atoms. The average molecular weight is 520 g/mol. The maximum absolute atomic E-state index is 10.0. The monoisotopic (exact) mass is 520 g/mol. The van der Waals surface area contributed by atoms with Crippen LogP contribution in [-0.4, -0.2) is 62.4 Å². The van der Waals surface area contributed by atoms with Gasteiger partial charge in [0, 0.05) is 25.7 Å². The van der Waals surface area contributed by atoms with Gasteiger partial charge in [-0.15, -0.1) is 24.0 Å². The third-order valence-electron chi connectivity index (χ3n) is 5.22. The Bertz CT molecular complexity index is 617. The molecule has 1 aliphatic heterocycles. The van der Waals surface area contributed by atoms with Gasteiger partial charge in [-0.3, -0.25) is 4.90 Å². The Morgan fingerprint density at radius 2 is 1.86 bits per heavy atom. The van der Waals surface area contributed by atoms with E-state index in [1.807, 2.05) is 0 Å². The summed E-state index contributed by atoms with van der Waals surface area (Å²) in [6.45, 7) is 8.69. The summed E-state index contributed by atoms with van der Waals surface area (Å²) in [5.41, 5.74) is 0.908. The summed E-state index contributed by atoms with van der Waals surface area (Å²) in [4.78, 5) is 7.26. The molecule has 0 aromatic heterocycles. The fourth-order valence-corrected chi connectivity index (χ4v) is 3.69. The highest BCUT2D eigenvalue weighted by atomic mass is 127. The number of hydrogen-bond acceptors (Lipinski definition) is 5. The van der Waals surface area contributed by atoms with Gasteiger partial charge in [-0.1, -0.05) is 13.3 Å². The molecule has 7 nitrogen and oxygen atoms in total. The summed E-state index contributed by atoms with van der Waals surface area (Å²) < 4.78 is 10.4. The molecule has 1 saturated heterocycles. The van der Waals surface area contributed by atoms with Crippen molar-refractivity contribution in [2.75, 3.05) is 40.4 Å². The molecule has 0 spiro atoms. The van der Waals surface area contributed by atoms with Gasteiger partial charge in [0.05, 0.1) is 20.8 Å². The third kappa shape index (κ3) is 7.73. The summed E-state index contributed by atoms with van der Waals surface area (Å²) in [5.74, 6) is 1.57. The topological polar surface area (TPSA) is 78.4 Å². The smallest absolute Gasteiger partial charge is 0.200 e. The van der Waals surface area contributed by atoms with Crippen LogP contribution in [0.15, 0.2) is 17.1 Å². The van der Waals surface area contributed by atoms with E-state index < -0.39 is 0 Å². The molecule has 1 fully saturated rings. The predicted molar refractivity (Wildman–Crippen MR) is 129 cm³/mol. The Morgan fingerprint density at radius 3 is 2.45 bits per heavy atom. The van der Waals surface area contributed by atoms with E-state index >= 15 is 0 Å². The maximum atomic E-state index is 10.0. The minimum absolute atomic E-state index is 0. The van der Waals surface area contributed by atoms with Gasteiger partial charge in [0.15, 0.2) is 17.5 Å². The largest absolute Gasteiger partial charge is 0.502 e. The molecule has 1 heterocycles. The first kappa shape index (κ1) is 25.6. The van der Waals surface area contributed by atoms with Crippen molar-refractivity contribution in [2.24, 2.45) is 4.99 Å². The number of ether oxygens (including phenoxy) is 2. The Balaban J connectivity index is 0.00000420. The van der Waals surface area contributed by atoms with E-state index in [-0.39, 0.29) is 29.7 Å². The number of likely N-dealkylation sites (tertiary alicyclic amines) is 1. The van der Waals surface area contributed by atoms with Crippen molar-refractivity contribution >= 4 is 29.9 Å². The second-order valence-corrected chi connectivity index (χ2v) is 7.06. The molecule has 0 saturated carbocycles. The van der Waals surface area contributed by atoms with Crippen LogP contribution in [0.25, 0.3) is 0 Å². The highest BCUT2D eigenvalue weighted by Crippen LogP contribution is 2.37. The predicted octanol–water partition coefficient (Wildman–Crippen LogP) is 3.35. The van der Waals surface area contributed by atoms with E-state index in [2.05, 4.69) is 34.4 Å². The van der Waals surface area contributed by atoms with E-state index in [0.717, 1.165) is 31.2 Å². The molecule has 166 valence electrons. The summed E-state index contributed by atoms with van der Waals surface area (Å²) >= 11 is 0. The lowest BCUT2D eigenvalue weighted by atomic mass is 10.0. The molecule has 1 atom stereocenters. The summed E-state index contributed by atoms with van der Waals surface area (Å²) in [6, 6.07) is 4.28. The summed E-state index contributed by atoms with van der Waals surface area (Å²) in [6.07, 6.45) is 5.19. The van der Waals surface area contributed by atoms with Gasteiger partial charge in [-0.05, 0) is 50.4 Å². The molecule has 1 aromatic carbocycles. The Hall–Kier alpha value is -1.42. The highest BCUT2D eigenvalue weighted by Gasteiger charge is 2.20. The lowest BCUT2D eigenvalue weighted by Crippen LogP contribution is -2.45. The number of guanidine groups is 1. The number of methoxy groups -OCH3 is 2. The number of phenolic OH excluding ortho intramolecular Hbond substituents is 1. The molecular weight excluding hydrogens is 483 g/mol. The molecule has 8 heteroatoms. The van der Waals surface area contributed by atoms with Gasteiger partial charge in [-0.25, -0.2) is 4.99 Å². The van der Waals surface area contributed by atoms with Gasteiger partial charge < -0.3 is 25.2 Å². The molecular formula is C21H37IN4O3. The van der Waals surface area contributed by atoms with Gasteiger partial charge in [0.2, 0.25) is 5.75 Å². The van der Waals surface area contributed by atoms with Crippen LogP contribution in [0.5, 0.6) is 17.2 Å². The number of nitrogens with one attached hydrogen (secondary N) is 2. The fourth-order valence-electron chi connectivity index (χ4n) is 3.69. The lowest BCUT2D eigenvalue weighted by Gasteiger charge is -2.35.